The van der Waals surface area contributed by atoms with E-state index in [9.17, 15) is 0 Å². The van der Waals surface area contributed by atoms with Gasteiger partial charge in [-0.1, -0.05) is 36.2 Å². The molecular weight excluding hydrogens is 268 g/mol. The quantitative estimate of drug-likeness (QED) is 0.748. The van der Waals surface area contributed by atoms with Gasteiger partial charge < -0.3 is 0 Å². The molecule has 20 heavy (non-hydrogen) atoms. The zero-order chi connectivity index (χ0) is 14.1. The number of nitrogens with zero attached hydrogens (tertiary/aromatic N) is 2. The van der Waals surface area contributed by atoms with E-state index in [0.717, 1.165) is 17.6 Å². The molecule has 0 bridgehead atoms. The second-order valence-corrected chi connectivity index (χ2v) is 6.29. The van der Waals surface area contributed by atoms with Crippen LogP contribution in [0.5, 0.6) is 0 Å². The Balaban J connectivity index is 1.91. The summed E-state index contributed by atoms with van der Waals surface area (Å²) >= 11 is 6.38. The molecule has 0 radical (unpaired) electrons. The van der Waals surface area contributed by atoms with Gasteiger partial charge in [0.15, 0.2) is 0 Å². The van der Waals surface area contributed by atoms with Crippen LogP contribution in [0.15, 0.2) is 30.3 Å². The normalized spacial score (nSPS) is 24.1. The Morgan fingerprint density at radius 3 is 2.65 bits per heavy atom. The average molecular weight is 289 g/mol. The first-order chi connectivity index (χ1) is 9.65. The molecule has 106 valence electrons. The molecule has 1 fully saturated rings. The highest BCUT2D eigenvalue weighted by atomic mass is 35.5. The van der Waals surface area contributed by atoms with Crippen molar-refractivity contribution in [2.24, 2.45) is 0 Å². The molecule has 0 amide bonds. The Morgan fingerprint density at radius 2 is 1.90 bits per heavy atom. The molecule has 0 spiro atoms. The van der Waals surface area contributed by atoms with Gasteiger partial charge in [-0.25, -0.2) is 4.98 Å². The lowest BCUT2D eigenvalue weighted by atomic mass is 9.97. The summed E-state index contributed by atoms with van der Waals surface area (Å²) in [6, 6.07) is 11.6. The third kappa shape index (κ3) is 2.68. The summed E-state index contributed by atoms with van der Waals surface area (Å²) in [6.45, 7) is 5.54. The highest BCUT2D eigenvalue weighted by molar-refractivity contribution is 6.30. The number of benzene rings is 1. The summed E-state index contributed by atoms with van der Waals surface area (Å²) in [5.41, 5.74) is 2.12. The van der Waals surface area contributed by atoms with Gasteiger partial charge in [0, 0.05) is 29.6 Å². The Morgan fingerprint density at radius 1 is 1.20 bits per heavy atom. The molecule has 0 saturated carbocycles. The smallest absolute Gasteiger partial charge is 0.134 e. The Labute approximate surface area is 125 Å². The van der Waals surface area contributed by atoms with Gasteiger partial charge in [-0.05, 0) is 38.8 Å². The molecule has 0 N–H and O–H groups in total. The molecule has 1 aromatic heterocycles. The fraction of sp³-hybridized carbons (Fsp3) is 0.471. The van der Waals surface area contributed by atoms with Crippen molar-refractivity contribution in [3.05, 3.63) is 41.0 Å². The maximum absolute atomic E-state index is 6.38. The fourth-order valence-electron chi connectivity index (χ4n) is 3.23. The van der Waals surface area contributed by atoms with Gasteiger partial charge in [-0.2, -0.15) is 0 Å². The van der Waals surface area contributed by atoms with Gasteiger partial charge in [0.05, 0.1) is 5.52 Å². The Bertz CT molecular complexity index is 601. The number of pyridine rings is 1. The molecular formula is C17H21ClN2. The molecule has 2 nitrogen and oxygen atoms in total. The van der Waals surface area contributed by atoms with Gasteiger partial charge >= 0.3 is 0 Å². The van der Waals surface area contributed by atoms with Crippen molar-refractivity contribution in [1.82, 2.24) is 9.88 Å². The molecule has 1 aliphatic rings. The van der Waals surface area contributed by atoms with E-state index in [1.54, 1.807) is 0 Å². The van der Waals surface area contributed by atoms with Crippen LogP contribution in [0, 0.1) is 0 Å². The third-order valence-corrected chi connectivity index (χ3v) is 4.81. The summed E-state index contributed by atoms with van der Waals surface area (Å²) in [6.07, 6.45) is 3.90. The third-order valence-electron chi connectivity index (χ3n) is 4.48. The number of piperidine rings is 1. The maximum atomic E-state index is 6.38. The molecule has 3 rings (SSSR count). The van der Waals surface area contributed by atoms with E-state index in [-0.39, 0.29) is 0 Å². The molecule has 1 saturated heterocycles. The predicted octanol–water partition coefficient (Wildman–Crippen LogP) is 4.65. The number of para-hydroxylation sites is 1. The maximum Gasteiger partial charge on any atom is 0.134 e. The fourth-order valence-corrected chi connectivity index (χ4v) is 3.44. The highest BCUT2D eigenvalue weighted by Crippen LogP contribution is 2.28. The number of aromatic nitrogens is 1. The molecule has 0 aliphatic carbocycles. The topological polar surface area (TPSA) is 16.1 Å². The number of hydrogen-bond acceptors (Lipinski definition) is 2. The second-order valence-electron chi connectivity index (χ2n) is 5.93. The molecule has 3 heteroatoms. The first-order valence-electron chi connectivity index (χ1n) is 7.45. The molecule has 2 aromatic rings. The van der Waals surface area contributed by atoms with E-state index < -0.39 is 0 Å². The lowest BCUT2D eigenvalue weighted by Gasteiger charge is -2.39. The number of fused-ring (bicyclic) bond motifs is 1. The van der Waals surface area contributed by atoms with Crippen LogP contribution in [0.4, 0.5) is 0 Å². The largest absolute Gasteiger partial charge is 0.294 e. The van der Waals surface area contributed by atoms with Crippen LogP contribution in [0.2, 0.25) is 5.15 Å². The van der Waals surface area contributed by atoms with E-state index in [1.165, 1.54) is 24.6 Å². The average Bonchev–Trinajstić information content (AvgIpc) is 2.43. The van der Waals surface area contributed by atoms with Gasteiger partial charge in [-0.15, -0.1) is 0 Å². The van der Waals surface area contributed by atoms with Crippen LogP contribution in [0.25, 0.3) is 10.9 Å². The first kappa shape index (κ1) is 13.8. The lowest BCUT2D eigenvalue weighted by molar-refractivity contribution is 0.0952. The van der Waals surface area contributed by atoms with Crippen molar-refractivity contribution in [2.45, 2.75) is 51.7 Å². The van der Waals surface area contributed by atoms with Crippen molar-refractivity contribution in [3.8, 4) is 0 Å². The van der Waals surface area contributed by atoms with Crippen LogP contribution in [0.3, 0.4) is 0 Å². The van der Waals surface area contributed by atoms with Gasteiger partial charge in [0.25, 0.3) is 0 Å². The van der Waals surface area contributed by atoms with Gasteiger partial charge in [0.2, 0.25) is 0 Å². The molecule has 0 unspecified atom stereocenters. The molecule has 2 heterocycles. The number of halogens is 1. The standard InChI is InChI=1S/C17H21ClN2/c1-12-6-5-7-13(2)20(12)11-15-10-14-8-3-4-9-16(14)19-17(15)18/h3-4,8-10,12-13H,5-7,11H2,1-2H3/t12-,13+. The minimum absolute atomic E-state index is 0.626. The van der Waals surface area contributed by atoms with Crippen molar-refractivity contribution in [2.75, 3.05) is 0 Å². The van der Waals surface area contributed by atoms with E-state index in [2.05, 4.69) is 35.9 Å². The lowest BCUT2D eigenvalue weighted by Crippen LogP contribution is -2.43. The summed E-state index contributed by atoms with van der Waals surface area (Å²) in [5.74, 6) is 0. The molecule has 1 aliphatic heterocycles. The van der Waals surface area contributed by atoms with Crippen LogP contribution in [0.1, 0.15) is 38.7 Å². The summed E-state index contributed by atoms with van der Waals surface area (Å²) in [5, 5.41) is 1.82. The number of hydrogen-bond donors (Lipinski definition) is 0. The zero-order valence-electron chi connectivity index (χ0n) is 12.1. The Hall–Kier alpha value is -1.12. The molecule has 1 aromatic carbocycles. The minimum atomic E-state index is 0.626. The van der Waals surface area contributed by atoms with Crippen molar-refractivity contribution in [3.63, 3.8) is 0 Å². The predicted molar refractivity (Wildman–Crippen MR) is 85.1 cm³/mol. The highest BCUT2D eigenvalue weighted by Gasteiger charge is 2.25. The van der Waals surface area contributed by atoms with Crippen LogP contribution >= 0.6 is 11.6 Å². The number of likely N-dealkylation sites (tertiary alicyclic amines) is 1. The molecule has 2 atom stereocenters. The van der Waals surface area contributed by atoms with Crippen molar-refractivity contribution >= 4 is 22.5 Å². The second kappa shape index (κ2) is 5.71. The van der Waals surface area contributed by atoms with E-state index in [0.29, 0.717) is 17.2 Å². The van der Waals surface area contributed by atoms with E-state index in [4.69, 9.17) is 11.6 Å². The van der Waals surface area contributed by atoms with Gasteiger partial charge in [0.1, 0.15) is 5.15 Å². The van der Waals surface area contributed by atoms with Crippen molar-refractivity contribution in [1.29, 1.82) is 0 Å². The van der Waals surface area contributed by atoms with Crippen LogP contribution in [-0.2, 0) is 6.54 Å². The summed E-state index contributed by atoms with van der Waals surface area (Å²) < 4.78 is 0. The van der Waals surface area contributed by atoms with Gasteiger partial charge in [-0.3, -0.25) is 4.90 Å². The minimum Gasteiger partial charge on any atom is -0.294 e. The monoisotopic (exact) mass is 288 g/mol. The SMILES string of the molecule is C[C@@H]1CCC[C@H](C)N1Cc1cc2ccccc2nc1Cl. The Kier molecular flexibility index (Phi) is 3.95. The van der Waals surface area contributed by atoms with E-state index >= 15 is 0 Å². The summed E-state index contributed by atoms with van der Waals surface area (Å²) in [7, 11) is 0. The summed E-state index contributed by atoms with van der Waals surface area (Å²) in [4.78, 5) is 7.09. The van der Waals surface area contributed by atoms with E-state index in [1.807, 2.05) is 18.2 Å². The number of rotatable bonds is 2. The van der Waals surface area contributed by atoms with Crippen molar-refractivity contribution < 1.29 is 0 Å². The zero-order valence-corrected chi connectivity index (χ0v) is 12.9. The van der Waals surface area contributed by atoms with Crippen LogP contribution in [-0.4, -0.2) is 22.0 Å². The first-order valence-corrected chi connectivity index (χ1v) is 7.83. The van der Waals surface area contributed by atoms with Crippen LogP contribution < -0.4 is 0 Å².